The third-order valence-corrected chi connectivity index (χ3v) is 20.7. The van der Waals surface area contributed by atoms with E-state index in [0.29, 0.717) is 25.7 Å². The van der Waals surface area contributed by atoms with Crippen LogP contribution in [0.1, 0.15) is 414 Å². The number of rotatable bonds is 78. The van der Waals surface area contributed by atoms with E-state index in [1.165, 1.54) is 225 Å². The molecule has 98 heavy (non-hydrogen) atoms. The van der Waals surface area contributed by atoms with Crippen LogP contribution in [-0.4, -0.2) is 96.7 Å². The van der Waals surface area contributed by atoms with Gasteiger partial charge in [-0.1, -0.05) is 363 Å². The average molecular weight is 1440 g/mol. The highest BCUT2D eigenvalue weighted by atomic mass is 31.2. The molecule has 0 radical (unpaired) electrons. The van der Waals surface area contributed by atoms with Crippen molar-refractivity contribution in [1.29, 1.82) is 0 Å². The van der Waals surface area contributed by atoms with Crippen LogP contribution in [0.5, 0.6) is 0 Å². The molecule has 3 unspecified atom stereocenters. The van der Waals surface area contributed by atoms with Gasteiger partial charge in [-0.05, 0) is 37.5 Å². The summed E-state index contributed by atoms with van der Waals surface area (Å²) in [6.45, 7) is 9.59. The summed E-state index contributed by atoms with van der Waals surface area (Å²) in [5.41, 5.74) is 0. The molecule has 0 saturated carbocycles. The molecule has 582 valence electrons. The predicted octanol–water partition coefficient (Wildman–Crippen LogP) is 23.5. The number of carbonyl (C=O) groups excluding carboxylic acids is 4. The maximum atomic E-state index is 13.1. The van der Waals surface area contributed by atoms with Crippen molar-refractivity contribution in [3.8, 4) is 0 Å². The molecule has 0 amide bonds. The van der Waals surface area contributed by atoms with Crippen molar-refractivity contribution in [1.82, 2.24) is 0 Å². The number of phosphoric ester groups is 2. The molecule has 0 bridgehead atoms. The Morgan fingerprint density at radius 2 is 0.520 bits per heavy atom. The Labute approximate surface area is 600 Å². The number of ether oxygens (including phenoxy) is 4. The van der Waals surface area contributed by atoms with E-state index in [-0.39, 0.29) is 25.7 Å². The highest BCUT2D eigenvalue weighted by molar-refractivity contribution is 7.47. The molecule has 0 spiro atoms. The third kappa shape index (κ3) is 71.1. The topological polar surface area (TPSA) is 237 Å². The number of unbranched alkanes of at least 4 members (excludes halogenated alkanes) is 47. The summed E-state index contributed by atoms with van der Waals surface area (Å²) in [5, 5.41) is 10.6. The van der Waals surface area contributed by atoms with E-state index >= 15 is 0 Å². The minimum atomic E-state index is -4.96. The first kappa shape index (κ1) is 96.1. The Kier molecular flexibility index (Phi) is 69.3. The predicted molar refractivity (Wildman–Crippen MR) is 400 cm³/mol. The Morgan fingerprint density at radius 3 is 0.776 bits per heavy atom. The lowest BCUT2D eigenvalue weighted by Gasteiger charge is -2.21. The number of carbonyl (C=O) groups is 4. The number of esters is 4. The van der Waals surface area contributed by atoms with Crippen molar-refractivity contribution in [2.24, 2.45) is 11.8 Å². The summed E-state index contributed by atoms with van der Waals surface area (Å²) in [7, 11) is -9.91. The van der Waals surface area contributed by atoms with Gasteiger partial charge in [-0.3, -0.25) is 37.3 Å². The molecule has 19 heteroatoms. The van der Waals surface area contributed by atoms with Gasteiger partial charge in [0, 0.05) is 25.7 Å². The first-order chi connectivity index (χ1) is 47.4. The molecule has 0 heterocycles. The molecule has 0 aliphatic carbocycles. The molecule has 0 aromatic carbocycles. The number of aliphatic hydroxyl groups excluding tert-OH is 1. The third-order valence-electron chi connectivity index (χ3n) is 18.8. The Balaban J connectivity index is 5.13. The van der Waals surface area contributed by atoms with Gasteiger partial charge in [0.05, 0.1) is 26.4 Å². The second-order valence-corrected chi connectivity index (χ2v) is 32.1. The number of hydrogen-bond donors (Lipinski definition) is 3. The minimum Gasteiger partial charge on any atom is -0.462 e. The zero-order chi connectivity index (χ0) is 72.1. The highest BCUT2D eigenvalue weighted by Crippen LogP contribution is 2.45. The summed E-state index contributed by atoms with van der Waals surface area (Å²) in [4.78, 5) is 72.7. The van der Waals surface area contributed by atoms with E-state index in [1.54, 1.807) is 0 Å². The SMILES string of the molecule is CCCCCCCCCCCCCCCCCCCCCCC(=O)O[C@H](COC(=O)CCCCCCCCCCCCCCCCC(C)CC)COP(=O)(O)OC[C@@H](O)COP(=O)(O)OC[C@@H](COC(=O)CCCCCCC)OC(=O)CCCCCCCCCCCCCCC(C)C. The smallest absolute Gasteiger partial charge is 0.462 e. The number of hydrogen-bond acceptors (Lipinski definition) is 15. The van der Waals surface area contributed by atoms with Crippen LogP contribution in [0.2, 0.25) is 0 Å². The molecule has 0 saturated heterocycles. The maximum absolute atomic E-state index is 13.1. The molecule has 3 N–H and O–H groups in total. The van der Waals surface area contributed by atoms with Gasteiger partial charge in [0.2, 0.25) is 0 Å². The number of phosphoric acid groups is 2. The zero-order valence-electron chi connectivity index (χ0n) is 64.1. The molecule has 0 fully saturated rings. The molecule has 6 atom stereocenters. The van der Waals surface area contributed by atoms with Crippen molar-refractivity contribution in [2.45, 2.75) is 432 Å². The molecular weight excluding hydrogens is 1280 g/mol. The van der Waals surface area contributed by atoms with Crippen LogP contribution in [0, 0.1) is 11.8 Å². The Hall–Kier alpha value is -1.94. The first-order valence-electron chi connectivity index (χ1n) is 41.0. The Bertz CT molecular complexity index is 1890. The summed E-state index contributed by atoms with van der Waals surface area (Å²) < 4.78 is 68.4. The van der Waals surface area contributed by atoms with Crippen LogP contribution in [-0.2, 0) is 65.4 Å². The first-order valence-corrected chi connectivity index (χ1v) is 44.0. The molecule has 0 aliphatic heterocycles. The van der Waals surface area contributed by atoms with Crippen molar-refractivity contribution in [3.05, 3.63) is 0 Å². The van der Waals surface area contributed by atoms with Gasteiger partial charge in [-0.2, -0.15) is 0 Å². The van der Waals surface area contributed by atoms with E-state index in [0.717, 1.165) is 108 Å². The summed E-state index contributed by atoms with van der Waals surface area (Å²) in [5.74, 6) is -0.496. The number of aliphatic hydroxyl groups is 1. The van der Waals surface area contributed by atoms with Crippen LogP contribution in [0.25, 0.3) is 0 Å². The van der Waals surface area contributed by atoms with Gasteiger partial charge in [-0.15, -0.1) is 0 Å². The standard InChI is InChI=1S/C79H154O17P2/c1-7-10-12-14-15-16-17-18-19-20-21-22-23-24-29-35-40-45-51-57-64-79(84)96-75(68-90-77(82)62-56-50-44-39-34-28-26-25-27-33-38-43-49-54-60-72(6)9-3)70-94-98(87,88)92-66-73(80)65-91-97(85,86)93-69-74(67-89-76(81)61-55-47-13-11-8-2)95-78(83)63-58-52-46-41-36-31-30-32-37-42-48-53-59-71(4)5/h71-75,80H,7-70H2,1-6H3,(H,85,86)(H,87,88)/t72?,73-,74+,75+/m0/s1. The van der Waals surface area contributed by atoms with Crippen molar-refractivity contribution >= 4 is 39.5 Å². The van der Waals surface area contributed by atoms with Crippen LogP contribution in [0.3, 0.4) is 0 Å². The van der Waals surface area contributed by atoms with Crippen LogP contribution in [0.15, 0.2) is 0 Å². The second-order valence-electron chi connectivity index (χ2n) is 29.2. The van der Waals surface area contributed by atoms with Gasteiger partial charge in [-0.25, -0.2) is 9.13 Å². The summed E-state index contributed by atoms with van der Waals surface area (Å²) in [6.07, 6.45) is 60.1. The molecule has 0 rings (SSSR count). The average Bonchev–Trinajstić information content (AvgIpc) is 2.56. The van der Waals surface area contributed by atoms with Gasteiger partial charge in [0.25, 0.3) is 0 Å². The Morgan fingerprint density at radius 1 is 0.296 bits per heavy atom. The fourth-order valence-corrected chi connectivity index (χ4v) is 13.7. The van der Waals surface area contributed by atoms with Gasteiger partial charge in [0.15, 0.2) is 12.2 Å². The van der Waals surface area contributed by atoms with E-state index in [9.17, 15) is 43.2 Å². The van der Waals surface area contributed by atoms with Crippen molar-refractivity contribution in [2.75, 3.05) is 39.6 Å². The lowest BCUT2D eigenvalue weighted by Crippen LogP contribution is -2.30. The molecule has 0 aliphatic rings. The van der Waals surface area contributed by atoms with Crippen LogP contribution in [0.4, 0.5) is 0 Å². The molecule has 0 aromatic heterocycles. The van der Waals surface area contributed by atoms with Gasteiger partial charge in [0.1, 0.15) is 19.3 Å². The molecule has 17 nitrogen and oxygen atoms in total. The second kappa shape index (κ2) is 70.7. The lowest BCUT2D eigenvalue weighted by molar-refractivity contribution is -0.161. The van der Waals surface area contributed by atoms with E-state index in [4.69, 9.17) is 37.0 Å². The quantitative estimate of drug-likeness (QED) is 0.0222. The highest BCUT2D eigenvalue weighted by Gasteiger charge is 2.30. The zero-order valence-corrected chi connectivity index (χ0v) is 65.9. The normalized spacial score (nSPS) is 14.2. The van der Waals surface area contributed by atoms with Gasteiger partial charge < -0.3 is 33.8 Å². The molecular formula is C79H154O17P2. The van der Waals surface area contributed by atoms with Crippen molar-refractivity contribution in [3.63, 3.8) is 0 Å². The summed E-state index contributed by atoms with van der Waals surface area (Å²) >= 11 is 0. The van der Waals surface area contributed by atoms with E-state index < -0.39 is 97.5 Å². The summed E-state index contributed by atoms with van der Waals surface area (Å²) in [6, 6.07) is 0. The van der Waals surface area contributed by atoms with Gasteiger partial charge >= 0.3 is 39.5 Å². The van der Waals surface area contributed by atoms with Crippen LogP contribution < -0.4 is 0 Å². The molecule has 0 aromatic rings. The van der Waals surface area contributed by atoms with E-state index in [2.05, 4.69) is 41.5 Å². The largest absolute Gasteiger partial charge is 0.472 e. The fraction of sp³-hybridized carbons (Fsp3) is 0.949. The monoisotopic (exact) mass is 1440 g/mol. The lowest BCUT2D eigenvalue weighted by atomic mass is 9.99. The van der Waals surface area contributed by atoms with Crippen molar-refractivity contribution < 1.29 is 80.2 Å². The minimum absolute atomic E-state index is 0.106. The van der Waals surface area contributed by atoms with E-state index in [1.807, 2.05) is 0 Å². The fourth-order valence-electron chi connectivity index (χ4n) is 12.2. The van der Waals surface area contributed by atoms with Crippen LogP contribution >= 0.6 is 15.6 Å². The maximum Gasteiger partial charge on any atom is 0.472 e.